The number of aryl methyl sites for hydroxylation is 1. The summed E-state index contributed by atoms with van der Waals surface area (Å²) >= 11 is 0. The van der Waals surface area contributed by atoms with Crippen molar-refractivity contribution in [3.63, 3.8) is 0 Å². The van der Waals surface area contributed by atoms with Crippen LogP contribution in [0.2, 0.25) is 0 Å². The number of rotatable bonds is 5. The van der Waals surface area contributed by atoms with Gasteiger partial charge in [0.2, 0.25) is 0 Å². The first kappa shape index (κ1) is 17.3. The first-order valence-corrected chi connectivity index (χ1v) is 8.92. The predicted octanol–water partition coefficient (Wildman–Crippen LogP) is 4.28. The topological polar surface area (TPSA) is 60.8 Å². The summed E-state index contributed by atoms with van der Waals surface area (Å²) in [6, 6.07) is 15.9. The molecule has 3 rings (SSSR count). The smallest absolute Gasteiger partial charge is 0.407 e. The highest BCUT2D eigenvalue weighted by Gasteiger charge is 2.32. The number of hydrogen-bond acceptors (Lipinski definition) is 2. The van der Waals surface area contributed by atoms with Gasteiger partial charge in [0.1, 0.15) is 5.75 Å². The summed E-state index contributed by atoms with van der Waals surface area (Å²) in [6.45, 7) is 2.91. The molecule has 4 heteroatoms. The largest absolute Gasteiger partial charge is 0.508 e. The molecule has 0 aromatic heterocycles. The molecule has 2 aromatic rings. The number of benzene rings is 2. The molecule has 2 atom stereocenters. The Morgan fingerprint density at radius 3 is 2.64 bits per heavy atom. The van der Waals surface area contributed by atoms with Gasteiger partial charge in [0, 0.05) is 13.1 Å². The fourth-order valence-electron chi connectivity index (χ4n) is 3.94. The Morgan fingerprint density at radius 1 is 1.20 bits per heavy atom. The number of phenolic OH excluding ortho intramolecular Hbond substituents is 1. The summed E-state index contributed by atoms with van der Waals surface area (Å²) in [5, 5.41) is 19.4. The van der Waals surface area contributed by atoms with Crippen molar-refractivity contribution in [3.05, 3.63) is 65.2 Å². The van der Waals surface area contributed by atoms with Gasteiger partial charge in [-0.25, -0.2) is 4.79 Å². The van der Waals surface area contributed by atoms with E-state index in [1.165, 1.54) is 21.6 Å². The Hall–Kier alpha value is -2.49. The van der Waals surface area contributed by atoms with Crippen LogP contribution in [0.3, 0.4) is 0 Å². The van der Waals surface area contributed by atoms with Crippen LogP contribution in [0.25, 0.3) is 0 Å². The lowest BCUT2D eigenvalue weighted by molar-refractivity contribution is 0.133. The summed E-state index contributed by atoms with van der Waals surface area (Å²) in [6.07, 6.45) is 1.91. The zero-order chi connectivity index (χ0) is 17.8. The average Bonchev–Trinajstić information content (AvgIpc) is 2.61. The maximum Gasteiger partial charge on any atom is 0.407 e. The van der Waals surface area contributed by atoms with Crippen molar-refractivity contribution in [1.29, 1.82) is 0 Å². The summed E-state index contributed by atoms with van der Waals surface area (Å²) < 4.78 is 0. The number of aromatic hydroxyl groups is 1. The monoisotopic (exact) mass is 339 g/mol. The minimum absolute atomic E-state index is 0.214. The number of hydrogen-bond donors (Lipinski definition) is 2. The fraction of sp³-hybridized carbons (Fsp3) is 0.381. The number of fused-ring (bicyclic) bond motifs is 1. The Bertz CT molecular complexity index is 729. The standard InChI is InChI=1S/C21H25NO3/c1-2-22(21(24)25)14-17-9-8-16-10-11-18(23)13-20(16)19(17)12-15-6-4-3-5-7-15/h3-7,10-11,13,17,19,23H,2,8-9,12,14H2,1H3,(H,24,25)/t17-,19+/m1/s1. The molecule has 1 amide bonds. The molecular weight excluding hydrogens is 314 g/mol. The van der Waals surface area contributed by atoms with Crippen molar-refractivity contribution >= 4 is 6.09 Å². The molecule has 0 unspecified atom stereocenters. The van der Waals surface area contributed by atoms with Gasteiger partial charge in [-0.05, 0) is 66.8 Å². The molecule has 0 spiro atoms. The average molecular weight is 339 g/mol. The molecule has 2 aromatic carbocycles. The van der Waals surface area contributed by atoms with Crippen molar-refractivity contribution in [2.45, 2.75) is 32.1 Å². The van der Waals surface area contributed by atoms with Crippen LogP contribution >= 0.6 is 0 Å². The molecule has 25 heavy (non-hydrogen) atoms. The first-order chi connectivity index (χ1) is 12.1. The lowest BCUT2D eigenvalue weighted by atomic mass is 9.72. The van der Waals surface area contributed by atoms with E-state index in [0.717, 1.165) is 19.3 Å². The van der Waals surface area contributed by atoms with Crippen LogP contribution in [0.4, 0.5) is 4.79 Å². The number of phenols is 1. The van der Waals surface area contributed by atoms with Crippen molar-refractivity contribution in [1.82, 2.24) is 4.90 Å². The fourth-order valence-corrected chi connectivity index (χ4v) is 3.94. The molecule has 132 valence electrons. The van der Waals surface area contributed by atoms with Crippen LogP contribution in [0.15, 0.2) is 48.5 Å². The summed E-state index contributed by atoms with van der Waals surface area (Å²) in [7, 11) is 0. The molecule has 1 aliphatic rings. The lowest BCUT2D eigenvalue weighted by Crippen LogP contribution is -2.38. The normalized spacial score (nSPS) is 19.2. The van der Waals surface area contributed by atoms with Gasteiger partial charge in [0.15, 0.2) is 0 Å². The highest BCUT2D eigenvalue weighted by atomic mass is 16.4. The molecule has 0 bridgehead atoms. The molecule has 0 aliphatic heterocycles. The van der Waals surface area contributed by atoms with E-state index in [-0.39, 0.29) is 17.6 Å². The Kier molecular flexibility index (Phi) is 5.27. The third-order valence-electron chi connectivity index (χ3n) is 5.29. The van der Waals surface area contributed by atoms with E-state index in [2.05, 4.69) is 12.1 Å². The Morgan fingerprint density at radius 2 is 1.96 bits per heavy atom. The second kappa shape index (κ2) is 7.60. The van der Waals surface area contributed by atoms with Crippen molar-refractivity contribution < 1.29 is 15.0 Å². The molecule has 0 heterocycles. The number of carboxylic acid groups (broad SMARTS) is 1. The molecule has 0 radical (unpaired) electrons. The highest BCUT2D eigenvalue weighted by Crippen LogP contribution is 2.40. The number of carbonyl (C=O) groups is 1. The van der Waals surface area contributed by atoms with E-state index in [1.807, 2.05) is 37.3 Å². The Labute approximate surface area is 148 Å². The van der Waals surface area contributed by atoms with Crippen molar-refractivity contribution in [3.8, 4) is 5.75 Å². The minimum atomic E-state index is -0.859. The third-order valence-corrected chi connectivity index (χ3v) is 5.29. The zero-order valence-corrected chi connectivity index (χ0v) is 14.6. The molecule has 0 saturated heterocycles. The molecule has 4 nitrogen and oxygen atoms in total. The van der Waals surface area contributed by atoms with Crippen LogP contribution in [0.5, 0.6) is 5.75 Å². The van der Waals surface area contributed by atoms with Gasteiger partial charge < -0.3 is 15.1 Å². The maximum absolute atomic E-state index is 11.5. The lowest BCUT2D eigenvalue weighted by Gasteiger charge is -2.36. The van der Waals surface area contributed by atoms with Gasteiger partial charge in [-0.15, -0.1) is 0 Å². The minimum Gasteiger partial charge on any atom is -0.508 e. The van der Waals surface area contributed by atoms with Gasteiger partial charge >= 0.3 is 6.09 Å². The molecule has 0 fully saturated rings. The molecular formula is C21H25NO3. The van der Waals surface area contributed by atoms with Crippen LogP contribution in [-0.2, 0) is 12.8 Å². The summed E-state index contributed by atoms with van der Waals surface area (Å²) in [4.78, 5) is 13.0. The summed E-state index contributed by atoms with van der Waals surface area (Å²) in [5.74, 6) is 0.750. The van der Waals surface area contributed by atoms with Crippen molar-refractivity contribution in [2.24, 2.45) is 5.92 Å². The maximum atomic E-state index is 11.5. The third kappa shape index (κ3) is 3.95. The molecule has 2 N–H and O–H groups in total. The number of nitrogens with zero attached hydrogens (tertiary/aromatic N) is 1. The van der Waals surface area contributed by atoms with E-state index in [9.17, 15) is 15.0 Å². The van der Waals surface area contributed by atoms with E-state index in [4.69, 9.17) is 0 Å². The SMILES string of the molecule is CCN(C[C@H]1CCc2ccc(O)cc2[C@H]1Cc1ccccc1)C(=O)O. The van der Waals surface area contributed by atoms with Gasteiger partial charge in [-0.3, -0.25) is 0 Å². The highest BCUT2D eigenvalue weighted by molar-refractivity contribution is 5.64. The zero-order valence-electron chi connectivity index (χ0n) is 14.6. The van der Waals surface area contributed by atoms with E-state index >= 15 is 0 Å². The van der Waals surface area contributed by atoms with Crippen LogP contribution in [-0.4, -0.2) is 34.3 Å². The second-order valence-corrected chi connectivity index (χ2v) is 6.80. The van der Waals surface area contributed by atoms with E-state index in [1.54, 1.807) is 6.07 Å². The molecule has 0 saturated carbocycles. The molecule has 1 aliphatic carbocycles. The van der Waals surface area contributed by atoms with Crippen LogP contribution < -0.4 is 0 Å². The van der Waals surface area contributed by atoms with Crippen LogP contribution in [0, 0.1) is 5.92 Å². The van der Waals surface area contributed by atoms with Gasteiger partial charge in [0.05, 0.1) is 0 Å². The van der Waals surface area contributed by atoms with E-state index in [0.29, 0.717) is 13.1 Å². The van der Waals surface area contributed by atoms with Crippen LogP contribution in [0.1, 0.15) is 36.0 Å². The van der Waals surface area contributed by atoms with Gasteiger partial charge in [-0.2, -0.15) is 0 Å². The Balaban J connectivity index is 1.92. The van der Waals surface area contributed by atoms with Gasteiger partial charge in [-0.1, -0.05) is 36.4 Å². The first-order valence-electron chi connectivity index (χ1n) is 8.92. The van der Waals surface area contributed by atoms with Gasteiger partial charge in [0.25, 0.3) is 0 Å². The second-order valence-electron chi connectivity index (χ2n) is 6.80. The number of amides is 1. The predicted molar refractivity (Wildman–Crippen MR) is 98.1 cm³/mol. The van der Waals surface area contributed by atoms with E-state index < -0.39 is 6.09 Å². The van der Waals surface area contributed by atoms with Crippen molar-refractivity contribution in [2.75, 3.05) is 13.1 Å². The quantitative estimate of drug-likeness (QED) is 0.855. The summed E-state index contributed by atoms with van der Waals surface area (Å²) in [5.41, 5.74) is 3.68.